The van der Waals surface area contributed by atoms with E-state index in [0.29, 0.717) is 12.2 Å². The molecule has 2 unspecified atom stereocenters. The van der Waals surface area contributed by atoms with E-state index >= 15 is 0 Å². The molecule has 71 valence electrons. The third-order valence-electron chi connectivity index (χ3n) is 2.15. The summed E-state index contributed by atoms with van der Waals surface area (Å²) in [6.45, 7) is 7.67. The van der Waals surface area contributed by atoms with Crippen molar-refractivity contribution >= 4 is 0 Å². The molecule has 0 saturated carbocycles. The molecule has 0 spiro atoms. The van der Waals surface area contributed by atoms with Gasteiger partial charge in [0.05, 0.1) is 19.3 Å². The first-order chi connectivity index (χ1) is 5.86. The lowest BCUT2D eigenvalue weighted by Crippen LogP contribution is -2.15. The monoisotopic (exact) mass is 171 g/mol. The molecule has 2 atom stereocenters. The van der Waals surface area contributed by atoms with Crippen LogP contribution in [0.2, 0.25) is 0 Å². The van der Waals surface area contributed by atoms with Crippen LogP contribution in [0.5, 0.6) is 0 Å². The molecule has 1 radical (unpaired) electrons. The van der Waals surface area contributed by atoms with Crippen molar-refractivity contribution in [3.8, 4) is 0 Å². The fourth-order valence-electron chi connectivity index (χ4n) is 1.18. The van der Waals surface area contributed by atoms with Gasteiger partial charge in [0.2, 0.25) is 0 Å². The molecule has 2 nitrogen and oxygen atoms in total. The lowest BCUT2D eigenvalue weighted by atomic mass is 10.1. The minimum absolute atomic E-state index is 0.402. The van der Waals surface area contributed by atoms with Gasteiger partial charge in [-0.05, 0) is 12.8 Å². The zero-order valence-corrected chi connectivity index (χ0v) is 7.92. The average Bonchev–Trinajstić information content (AvgIpc) is 2.89. The van der Waals surface area contributed by atoms with Crippen LogP contribution in [0.25, 0.3) is 0 Å². The number of ether oxygens (including phenoxy) is 2. The topological polar surface area (TPSA) is 21.8 Å². The Labute approximate surface area is 75.2 Å². The minimum Gasteiger partial charge on any atom is -0.375 e. The molecule has 0 N–H and O–H groups in total. The van der Waals surface area contributed by atoms with E-state index in [4.69, 9.17) is 9.47 Å². The van der Waals surface area contributed by atoms with Crippen molar-refractivity contribution in [3.05, 3.63) is 6.92 Å². The van der Waals surface area contributed by atoms with Crippen molar-refractivity contribution in [1.29, 1.82) is 0 Å². The van der Waals surface area contributed by atoms with Gasteiger partial charge in [-0.1, -0.05) is 26.7 Å². The summed E-state index contributed by atoms with van der Waals surface area (Å²) in [4.78, 5) is 0. The molecule has 0 aromatic carbocycles. The van der Waals surface area contributed by atoms with Gasteiger partial charge < -0.3 is 9.47 Å². The summed E-state index contributed by atoms with van der Waals surface area (Å²) in [5.41, 5.74) is 0. The SMILES string of the molecule is [CH2]CCCC(CC)OCC1CO1. The quantitative estimate of drug-likeness (QED) is 0.548. The van der Waals surface area contributed by atoms with Gasteiger partial charge in [0.15, 0.2) is 0 Å². The second-order valence-corrected chi connectivity index (χ2v) is 3.31. The molecule has 0 aliphatic carbocycles. The number of rotatable bonds is 7. The molecule has 0 aromatic rings. The third-order valence-corrected chi connectivity index (χ3v) is 2.15. The molecule has 1 rings (SSSR count). The van der Waals surface area contributed by atoms with Gasteiger partial charge in [-0.3, -0.25) is 0 Å². The fraction of sp³-hybridized carbons (Fsp3) is 0.900. The van der Waals surface area contributed by atoms with Crippen molar-refractivity contribution in [2.75, 3.05) is 13.2 Å². The van der Waals surface area contributed by atoms with Gasteiger partial charge >= 0.3 is 0 Å². The molecule has 12 heavy (non-hydrogen) atoms. The first-order valence-corrected chi connectivity index (χ1v) is 4.89. The van der Waals surface area contributed by atoms with E-state index in [1.807, 2.05) is 0 Å². The van der Waals surface area contributed by atoms with Crippen LogP contribution in [0.4, 0.5) is 0 Å². The lowest BCUT2D eigenvalue weighted by Gasteiger charge is -2.14. The molecule has 2 heteroatoms. The van der Waals surface area contributed by atoms with Crippen LogP contribution >= 0.6 is 0 Å². The fourth-order valence-corrected chi connectivity index (χ4v) is 1.18. The molecule has 1 heterocycles. The van der Waals surface area contributed by atoms with Crippen LogP contribution in [0, 0.1) is 6.92 Å². The summed E-state index contributed by atoms with van der Waals surface area (Å²) in [6.07, 6.45) is 5.26. The summed E-state index contributed by atoms with van der Waals surface area (Å²) in [5, 5.41) is 0. The summed E-state index contributed by atoms with van der Waals surface area (Å²) >= 11 is 0. The number of unbranched alkanes of at least 4 members (excludes halogenated alkanes) is 1. The Bertz CT molecular complexity index is 110. The van der Waals surface area contributed by atoms with Crippen LogP contribution < -0.4 is 0 Å². The van der Waals surface area contributed by atoms with E-state index in [-0.39, 0.29) is 0 Å². The zero-order valence-electron chi connectivity index (χ0n) is 7.92. The average molecular weight is 171 g/mol. The van der Waals surface area contributed by atoms with Crippen molar-refractivity contribution in [3.63, 3.8) is 0 Å². The molecule has 1 fully saturated rings. The van der Waals surface area contributed by atoms with Gasteiger partial charge in [0.25, 0.3) is 0 Å². The Balaban J connectivity index is 1.98. The van der Waals surface area contributed by atoms with Crippen LogP contribution in [0.1, 0.15) is 32.6 Å². The highest BCUT2D eigenvalue weighted by molar-refractivity contribution is 4.69. The number of hydrogen-bond donors (Lipinski definition) is 0. The Morgan fingerprint density at radius 2 is 2.42 bits per heavy atom. The maximum atomic E-state index is 5.66. The normalized spacial score (nSPS) is 24.0. The van der Waals surface area contributed by atoms with E-state index in [0.717, 1.165) is 32.5 Å². The van der Waals surface area contributed by atoms with Crippen LogP contribution in [-0.4, -0.2) is 25.4 Å². The predicted molar refractivity (Wildman–Crippen MR) is 49.0 cm³/mol. The highest BCUT2D eigenvalue weighted by Gasteiger charge is 2.23. The Morgan fingerprint density at radius 3 is 2.92 bits per heavy atom. The molecule has 1 aliphatic heterocycles. The smallest absolute Gasteiger partial charge is 0.104 e. The zero-order chi connectivity index (χ0) is 8.81. The second kappa shape index (κ2) is 5.55. The molecule has 0 amide bonds. The number of hydrogen-bond acceptors (Lipinski definition) is 2. The van der Waals surface area contributed by atoms with E-state index < -0.39 is 0 Å². The van der Waals surface area contributed by atoms with Gasteiger partial charge in [-0.2, -0.15) is 0 Å². The molecular formula is C10H19O2. The maximum Gasteiger partial charge on any atom is 0.104 e. The Morgan fingerprint density at radius 1 is 1.67 bits per heavy atom. The van der Waals surface area contributed by atoms with Crippen LogP contribution in [0.15, 0.2) is 0 Å². The number of epoxide rings is 1. The molecular weight excluding hydrogens is 152 g/mol. The standard InChI is InChI=1S/C10H19O2/c1-3-5-6-9(4-2)11-7-10-8-12-10/h9-10H,1,3-8H2,2H3. The van der Waals surface area contributed by atoms with E-state index in [1.165, 1.54) is 6.42 Å². The van der Waals surface area contributed by atoms with Gasteiger partial charge in [-0.15, -0.1) is 0 Å². The summed E-state index contributed by atoms with van der Waals surface area (Å²) < 4.78 is 10.7. The largest absolute Gasteiger partial charge is 0.375 e. The molecule has 0 aromatic heterocycles. The van der Waals surface area contributed by atoms with Crippen molar-refractivity contribution in [2.24, 2.45) is 0 Å². The Kier molecular flexibility index (Phi) is 4.62. The van der Waals surface area contributed by atoms with Crippen molar-refractivity contribution in [2.45, 2.75) is 44.8 Å². The van der Waals surface area contributed by atoms with E-state index in [1.54, 1.807) is 0 Å². The second-order valence-electron chi connectivity index (χ2n) is 3.31. The predicted octanol–water partition coefficient (Wildman–Crippen LogP) is 2.18. The highest BCUT2D eigenvalue weighted by Crippen LogP contribution is 2.14. The van der Waals surface area contributed by atoms with Crippen LogP contribution in [-0.2, 0) is 9.47 Å². The molecule has 1 saturated heterocycles. The maximum absolute atomic E-state index is 5.66. The molecule has 1 aliphatic rings. The lowest BCUT2D eigenvalue weighted by molar-refractivity contribution is 0.0340. The van der Waals surface area contributed by atoms with Crippen molar-refractivity contribution in [1.82, 2.24) is 0 Å². The summed E-state index contributed by atoms with van der Waals surface area (Å²) in [7, 11) is 0. The van der Waals surface area contributed by atoms with Crippen LogP contribution in [0.3, 0.4) is 0 Å². The van der Waals surface area contributed by atoms with Gasteiger partial charge in [0.1, 0.15) is 6.10 Å². The van der Waals surface area contributed by atoms with Gasteiger partial charge in [0, 0.05) is 0 Å². The van der Waals surface area contributed by atoms with Gasteiger partial charge in [-0.25, -0.2) is 0 Å². The Hall–Kier alpha value is -0.0800. The first-order valence-electron chi connectivity index (χ1n) is 4.89. The minimum atomic E-state index is 0.402. The third kappa shape index (κ3) is 4.07. The van der Waals surface area contributed by atoms with E-state index in [2.05, 4.69) is 13.8 Å². The summed E-state index contributed by atoms with van der Waals surface area (Å²) in [6, 6.07) is 0. The highest BCUT2D eigenvalue weighted by atomic mass is 16.6. The van der Waals surface area contributed by atoms with Crippen molar-refractivity contribution < 1.29 is 9.47 Å². The molecule has 0 bridgehead atoms. The first kappa shape index (κ1) is 10.0. The summed E-state index contributed by atoms with van der Waals surface area (Å²) in [5.74, 6) is 0. The van der Waals surface area contributed by atoms with E-state index in [9.17, 15) is 0 Å².